The molecule has 0 spiro atoms. The molecule has 0 bridgehead atoms. The highest BCUT2D eigenvalue weighted by atomic mass is 35.5. The summed E-state index contributed by atoms with van der Waals surface area (Å²) in [6, 6.07) is 0. The maximum atomic E-state index is 11.7. The lowest BCUT2D eigenvalue weighted by molar-refractivity contribution is 0.0370. The van der Waals surface area contributed by atoms with Gasteiger partial charge in [0.05, 0.1) is 23.1 Å². The van der Waals surface area contributed by atoms with Gasteiger partial charge in [0.2, 0.25) is 15.0 Å². The fourth-order valence-corrected chi connectivity index (χ4v) is 1.91. The molecular formula is C10H13ClN2O4S. The molecule has 1 heterocycles. The highest BCUT2D eigenvalue weighted by molar-refractivity contribution is 7.91. The molecule has 0 amide bonds. The van der Waals surface area contributed by atoms with E-state index in [1.54, 1.807) is 13.8 Å². The number of carbonyl (C=O) groups excluding carboxylic acids is 1. The van der Waals surface area contributed by atoms with Crippen LogP contribution in [0.3, 0.4) is 0 Å². The first kappa shape index (κ1) is 14.8. The molecule has 0 saturated carbocycles. The number of ether oxygens (including phenoxy) is 1. The van der Waals surface area contributed by atoms with Gasteiger partial charge in [-0.3, -0.25) is 0 Å². The number of halogens is 1. The average molecular weight is 293 g/mol. The van der Waals surface area contributed by atoms with Crippen LogP contribution >= 0.6 is 11.6 Å². The Morgan fingerprint density at radius 1 is 1.50 bits per heavy atom. The molecule has 100 valence electrons. The predicted molar refractivity (Wildman–Crippen MR) is 65.3 cm³/mol. The Balaban J connectivity index is 3.21. The zero-order valence-corrected chi connectivity index (χ0v) is 11.7. The van der Waals surface area contributed by atoms with Gasteiger partial charge in [-0.2, -0.15) is 0 Å². The summed E-state index contributed by atoms with van der Waals surface area (Å²) in [4.78, 5) is 18.9. The van der Waals surface area contributed by atoms with Crippen molar-refractivity contribution < 1.29 is 17.9 Å². The average Bonchev–Trinajstić information content (AvgIpc) is 2.28. The van der Waals surface area contributed by atoms with Gasteiger partial charge in [0, 0.05) is 0 Å². The molecule has 0 aliphatic heterocycles. The number of aromatic nitrogens is 2. The van der Waals surface area contributed by atoms with Gasteiger partial charge in [0.25, 0.3) is 0 Å². The van der Waals surface area contributed by atoms with Crippen molar-refractivity contribution in [3.63, 3.8) is 0 Å². The van der Waals surface area contributed by atoms with E-state index in [4.69, 9.17) is 16.3 Å². The van der Waals surface area contributed by atoms with Crippen molar-refractivity contribution in [3.05, 3.63) is 16.9 Å². The first-order valence-electron chi connectivity index (χ1n) is 5.24. The standard InChI is InChI=1S/C10H13ClN2O4S/c1-4-18(15,16)10-12-5-7(11)8(13-10)9(14)17-6(2)3/h5-6H,4H2,1-3H3. The Hall–Kier alpha value is -1.21. The number of esters is 1. The number of nitrogens with zero attached hydrogens (tertiary/aromatic N) is 2. The Kier molecular flexibility index (Phi) is 4.64. The van der Waals surface area contributed by atoms with E-state index in [2.05, 4.69) is 9.97 Å². The lowest BCUT2D eigenvalue weighted by Gasteiger charge is -2.09. The zero-order valence-electron chi connectivity index (χ0n) is 10.2. The third-order valence-electron chi connectivity index (χ3n) is 1.92. The van der Waals surface area contributed by atoms with Crippen LogP contribution in [0, 0.1) is 0 Å². The molecule has 0 radical (unpaired) electrons. The normalized spacial score (nSPS) is 11.6. The Morgan fingerprint density at radius 2 is 2.11 bits per heavy atom. The first-order valence-corrected chi connectivity index (χ1v) is 7.27. The van der Waals surface area contributed by atoms with Crippen molar-refractivity contribution in [2.45, 2.75) is 32.0 Å². The molecule has 0 aliphatic rings. The summed E-state index contributed by atoms with van der Waals surface area (Å²) < 4.78 is 28.1. The maximum absolute atomic E-state index is 11.7. The second kappa shape index (κ2) is 5.62. The molecule has 0 aromatic carbocycles. The van der Waals surface area contributed by atoms with Crippen LogP contribution in [0.4, 0.5) is 0 Å². The van der Waals surface area contributed by atoms with E-state index in [9.17, 15) is 13.2 Å². The van der Waals surface area contributed by atoms with E-state index in [1.807, 2.05) is 0 Å². The van der Waals surface area contributed by atoms with Crippen LogP contribution in [0.1, 0.15) is 31.3 Å². The summed E-state index contributed by atoms with van der Waals surface area (Å²) in [5.74, 6) is -0.933. The van der Waals surface area contributed by atoms with Crippen LogP contribution in [-0.4, -0.2) is 36.2 Å². The second-order valence-electron chi connectivity index (χ2n) is 3.71. The van der Waals surface area contributed by atoms with Crippen LogP contribution in [0.5, 0.6) is 0 Å². The van der Waals surface area contributed by atoms with Crippen molar-refractivity contribution in [2.75, 3.05) is 5.75 Å². The van der Waals surface area contributed by atoms with Crippen molar-refractivity contribution in [1.82, 2.24) is 9.97 Å². The predicted octanol–water partition coefficient (Wildman–Crippen LogP) is 1.49. The molecule has 1 aromatic heterocycles. The molecule has 18 heavy (non-hydrogen) atoms. The van der Waals surface area contributed by atoms with Gasteiger partial charge in [-0.1, -0.05) is 18.5 Å². The molecule has 0 unspecified atom stereocenters. The van der Waals surface area contributed by atoms with Gasteiger partial charge in [0.1, 0.15) is 0 Å². The van der Waals surface area contributed by atoms with Crippen molar-refractivity contribution in [2.24, 2.45) is 0 Å². The molecule has 8 heteroatoms. The number of rotatable bonds is 4. The lowest BCUT2D eigenvalue weighted by atomic mass is 10.4. The van der Waals surface area contributed by atoms with Crippen LogP contribution in [0.2, 0.25) is 5.02 Å². The SMILES string of the molecule is CCS(=O)(=O)c1ncc(Cl)c(C(=O)OC(C)C)n1. The van der Waals surface area contributed by atoms with E-state index in [-0.39, 0.29) is 22.6 Å². The third-order valence-corrected chi connectivity index (χ3v) is 3.71. The van der Waals surface area contributed by atoms with E-state index in [1.165, 1.54) is 6.92 Å². The summed E-state index contributed by atoms with van der Waals surface area (Å²) in [7, 11) is -3.59. The van der Waals surface area contributed by atoms with Gasteiger partial charge in [-0.25, -0.2) is 23.2 Å². The minimum Gasteiger partial charge on any atom is -0.458 e. The monoisotopic (exact) mass is 292 g/mol. The Bertz CT molecular complexity index is 557. The summed E-state index contributed by atoms with van der Waals surface area (Å²) in [6.45, 7) is 4.78. The lowest BCUT2D eigenvalue weighted by Crippen LogP contribution is -2.17. The Morgan fingerprint density at radius 3 is 2.61 bits per heavy atom. The minimum absolute atomic E-state index is 0.0456. The van der Waals surface area contributed by atoms with Crippen LogP contribution < -0.4 is 0 Å². The molecule has 0 aliphatic carbocycles. The number of sulfone groups is 1. The topological polar surface area (TPSA) is 86.2 Å². The van der Waals surface area contributed by atoms with Gasteiger partial charge in [-0.05, 0) is 13.8 Å². The molecule has 0 saturated heterocycles. The number of carbonyl (C=O) groups is 1. The third kappa shape index (κ3) is 3.39. The fourth-order valence-electron chi connectivity index (χ4n) is 1.04. The van der Waals surface area contributed by atoms with Crippen molar-refractivity contribution in [1.29, 1.82) is 0 Å². The minimum atomic E-state index is -3.59. The van der Waals surface area contributed by atoms with Crippen LogP contribution in [0.15, 0.2) is 11.4 Å². The van der Waals surface area contributed by atoms with Crippen molar-refractivity contribution in [3.8, 4) is 0 Å². The molecule has 6 nitrogen and oxygen atoms in total. The summed E-state index contributed by atoms with van der Waals surface area (Å²) >= 11 is 5.75. The van der Waals surface area contributed by atoms with Crippen molar-refractivity contribution >= 4 is 27.4 Å². The molecule has 1 aromatic rings. The smallest absolute Gasteiger partial charge is 0.358 e. The largest absolute Gasteiger partial charge is 0.458 e. The van der Waals surface area contributed by atoms with Gasteiger partial charge < -0.3 is 4.74 Å². The quantitative estimate of drug-likeness (QED) is 0.617. The first-order chi connectivity index (χ1) is 8.27. The number of hydrogen-bond donors (Lipinski definition) is 0. The van der Waals surface area contributed by atoms with E-state index >= 15 is 0 Å². The molecule has 1 rings (SSSR count). The fraction of sp³-hybridized carbons (Fsp3) is 0.500. The van der Waals surface area contributed by atoms with Gasteiger partial charge in [0.15, 0.2) is 5.69 Å². The number of hydrogen-bond acceptors (Lipinski definition) is 6. The van der Waals surface area contributed by atoms with Gasteiger partial charge >= 0.3 is 5.97 Å². The molecule has 0 atom stereocenters. The molecular weight excluding hydrogens is 280 g/mol. The highest BCUT2D eigenvalue weighted by Gasteiger charge is 2.22. The molecule has 0 N–H and O–H groups in total. The van der Waals surface area contributed by atoms with E-state index in [0.717, 1.165) is 6.20 Å². The van der Waals surface area contributed by atoms with Crippen LogP contribution in [0.25, 0.3) is 0 Å². The second-order valence-corrected chi connectivity index (χ2v) is 6.29. The summed E-state index contributed by atoms with van der Waals surface area (Å²) in [5.41, 5.74) is -0.243. The van der Waals surface area contributed by atoms with E-state index in [0.29, 0.717) is 0 Å². The maximum Gasteiger partial charge on any atom is 0.358 e. The van der Waals surface area contributed by atoms with Gasteiger partial charge in [-0.15, -0.1) is 0 Å². The summed E-state index contributed by atoms with van der Waals surface area (Å²) in [6.07, 6.45) is 0.725. The summed E-state index contributed by atoms with van der Waals surface area (Å²) in [5, 5.41) is -0.471. The molecule has 0 fully saturated rings. The highest BCUT2D eigenvalue weighted by Crippen LogP contribution is 2.16. The van der Waals surface area contributed by atoms with E-state index < -0.39 is 21.0 Å². The van der Waals surface area contributed by atoms with Crippen LogP contribution in [-0.2, 0) is 14.6 Å². The zero-order chi connectivity index (χ0) is 13.9. The Labute approximate surface area is 110 Å².